The SMILES string of the molecule is CCO[Si](OCC)(OCC)C1CC2CC(C(=O)O)C1C2. The molecule has 2 fully saturated rings. The summed E-state index contributed by atoms with van der Waals surface area (Å²) < 4.78 is 17.9. The summed E-state index contributed by atoms with van der Waals surface area (Å²) in [4.78, 5) is 11.4. The molecule has 0 amide bonds. The number of hydrogen-bond donors (Lipinski definition) is 1. The van der Waals surface area contributed by atoms with E-state index in [0.717, 1.165) is 19.3 Å². The second-order valence-corrected chi connectivity index (χ2v) is 8.51. The number of carbonyl (C=O) groups is 1. The third-order valence-corrected chi connectivity index (χ3v) is 8.27. The fraction of sp³-hybridized carbons (Fsp3) is 0.929. The first kappa shape index (κ1) is 15.9. The average Bonchev–Trinajstić information content (AvgIpc) is 2.99. The molecule has 6 heteroatoms. The van der Waals surface area contributed by atoms with E-state index in [1.165, 1.54) is 0 Å². The summed E-state index contributed by atoms with van der Waals surface area (Å²) in [5.41, 5.74) is 0.155. The number of rotatable bonds is 8. The third kappa shape index (κ3) is 2.79. The summed E-state index contributed by atoms with van der Waals surface area (Å²) in [5.74, 6) is -0.255. The molecule has 0 aromatic heterocycles. The van der Waals surface area contributed by atoms with Gasteiger partial charge in [-0.3, -0.25) is 4.79 Å². The predicted octanol–water partition coefficient (Wildman–Crippen LogP) is 2.54. The van der Waals surface area contributed by atoms with Crippen LogP contribution in [0.4, 0.5) is 0 Å². The summed E-state index contributed by atoms with van der Waals surface area (Å²) >= 11 is 0. The van der Waals surface area contributed by atoms with Crippen LogP contribution in [0.3, 0.4) is 0 Å². The standard InChI is InChI=1S/C14H26O5Si/c1-4-17-20(18-5-2,19-6-3)13-9-10-7-11(13)12(8-10)14(15)16/h10-13H,4-9H2,1-3H3,(H,15,16). The van der Waals surface area contributed by atoms with Crippen LogP contribution in [0.25, 0.3) is 0 Å². The molecule has 0 aliphatic heterocycles. The molecule has 0 spiro atoms. The molecule has 0 radical (unpaired) electrons. The Hall–Kier alpha value is -0.433. The molecule has 4 atom stereocenters. The molecule has 116 valence electrons. The van der Waals surface area contributed by atoms with Gasteiger partial charge in [0, 0.05) is 25.4 Å². The molecule has 1 N–H and O–H groups in total. The third-order valence-electron chi connectivity index (χ3n) is 4.62. The van der Waals surface area contributed by atoms with Gasteiger partial charge in [0.05, 0.1) is 5.92 Å². The summed E-state index contributed by atoms with van der Waals surface area (Å²) in [5, 5.41) is 9.40. The minimum Gasteiger partial charge on any atom is -0.481 e. The second-order valence-electron chi connectivity index (χ2n) is 5.69. The summed E-state index contributed by atoms with van der Waals surface area (Å²) in [6, 6.07) is 0. The van der Waals surface area contributed by atoms with Crippen molar-refractivity contribution in [1.82, 2.24) is 0 Å². The summed E-state index contributed by atoms with van der Waals surface area (Å²) in [6.45, 7) is 7.50. The lowest BCUT2D eigenvalue weighted by atomic mass is 9.88. The first-order valence-electron chi connectivity index (χ1n) is 7.72. The van der Waals surface area contributed by atoms with Crippen molar-refractivity contribution >= 4 is 14.8 Å². The van der Waals surface area contributed by atoms with E-state index in [1.54, 1.807) is 0 Å². The van der Waals surface area contributed by atoms with Crippen LogP contribution in [0.15, 0.2) is 0 Å². The highest BCUT2D eigenvalue weighted by Gasteiger charge is 2.61. The number of aliphatic carboxylic acids is 1. The van der Waals surface area contributed by atoms with Crippen LogP contribution in [0.2, 0.25) is 5.54 Å². The minimum absolute atomic E-state index is 0.155. The van der Waals surface area contributed by atoms with Crippen molar-refractivity contribution in [2.75, 3.05) is 19.8 Å². The Labute approximate surface area is 122 Å². The van der Waals surface area contributed by atoms with Gasteiger partial charge in [0.1, 0.15) is 0 Å². The molecule has 0 heterocycles. The zero-order valence-corrected chi connectivity index (χ0v) is 13.6. The summed E-state index contributed by atoms with van der Waals surface area (Å²) in [7, 11) is -2.77. The van der Waals surface area contributed by atoms with Crippen molar-refractivity contribution in [2.45, 2.75) is 45.6 Å². The van der Waals surface area contributed by atoms with Crippen LogP contribution in [0, 0.1) is 17.8 Å². The highest BCUT2D eigenvalue weighted by atomic mass is 28.4. The normalized spacial score (nSPS) is 32.8. The molecule has 2 bridgehead atoms. The smallest absolute Gasteiger partial charge is 0.481 e. The highest BCUT2D eigenvalue weighted by molar-refractivity contribution is 6.62. The molecule has 5 nitrogen and oxygen atoms in total. The zero-order chi connectivity index (χ0) is 14.8. The van der Waals surface area contributed by atoms with Gasteiger partial charge in [0.25, 0.3) is 0 Å². The van der Waals surface area contributed by atoms with Gasteiger partial charge < -0.3 is 18.4 Å². The maximum atomic E-state index is 11.4. The molecule has 2 saturated carbocycles. The lowest BCUT2D eigenvalue weighted by Gasteiger charge is -2.39. The van der Waals surface area contributed by atoms with Crippen molar-refractivity contribution in [2.24, 2.45) is 17.8 Å². The van der Waals surface area contributed by atoms with Gasteiger partial charge in [-0.25, -0.2) is 0 Å². The van der Waals surface area contributed by atoms with Gasteiger partial charge >= 0.3 is 14.8 Å². The first-order chi connectivity index (χ1) is 9.57. The fourth-order valence-corrected chi connectivity index (χ4v) is 7.70. The van der Waals surface area contributed by atoms with E-state index in [9.17, 15) is 9.90 Å². The predicted molar refractivity (Wildman–Crippen MR) is 76.3 cm³/mol. The van der Waals surface area contributed by atoms with E-state index in [1.807, 2.05) is 20.8 Å². The number of hydrogen-bond acceptors (Lipinski definition) is 4. The Morgan fingerprint density at radius 2 is 1.60 bits per heavy atom. The van der Waals surface area contributed by atoms with Crippen LogP contribution < -0.4 is 0 Å². The Balaban J connectivity index is 2.22. The Kier molecular flexibility index (Phi) is 5.23. The van der Waals surface area contributed by atoms with Crippen molar-refractivity contribution in [3.8, 4) is 0 Å². The number of fused-ring (bicyclic) bond motifs is 2. The van der Waals surface area contributed by atoms with Gasteiger partial charge in [0.2, 0.25) is 0 Å². The van der Waals surface area contributed by atoms with E-state index >= 15 is 0 Å². The largest absolute Gasteiger partial charge is 0.504 e. The second kappa shape index (κ2) is 6.55. The Morgan fingerprint density at radius 1 is 1.05 bits per heavy atom. The molecule has 2 rings (SSSR count). The molecule has 4 unspecified atom stereocenters. The average molecular weight is 302 g/mol. The lowest BCUT2D eigenvalue weighted by molar-refractivity contribution is -0.143. The maximum absolute atomic E-state index is 11.4. The summed E-state index contributed by atoms with van der Waals surface area (Å²) in [6.07, 6.45) is 2.80. The lowest BCUT2D eigenvalue weighted by Crippen LogP contribution is -2.53. The topological polar surface area (TPSA) is 65.0 Å². The van der Waals surface area contributed by atoms with Crippen LogP contribution in [0.5, 0.6) is 0 Å². The van der Waals surface area contributed by atoms with E-state index in [4.69, 9.17) is 13.3 Å². The fourth-order valence-electron chi connectivity index (χ4n) is 4.09. The van der Waals surface area contributed by atoms with Gasteiger partial charge in [-0.1, -0.05) is 0 Å². The van der Waals surface area contributed by atoms with E-state index in [-0.39, 0.29) is 17.4 Å². The minimum atomic E-state index is -2.77. The van der Waals surface area contributed by atoms with Crippen LogP contribution in [0.1, 0.15) is 40.0 Å². The Bertz CT molecular complexity index is 331. The Morgan fingerprint density at radius 3 is 2.00 bits per heavy atom. The van der Waals surface area contributed by atoms with Gasteiger partial charge in [-0.05, 0) is 51.9 Å². The zero-order valence-electron chi connectivity index (χ0n) is 12.6. The molecule has 0 saturated heterocycles. The molecular weight excluding hydrogens is 276 g/mol. The van der Waals surface area contributed by atoms with Crippen molar-refractivity contribution in [1.29, 1.82) is 0 Å². The van der Waals surface area contributed by atoms with Gasteiger partial charge in [-0.2, -0.15) is 0 Å². The van der Waals surface area contributed by atoms with Crippen molar-refractivity contribution in [3.05, 3.63) is 0 Å². The molecule has 0 aromatic carbocycles. The van der Waals surface area contributed by atoms with E-state index in [0.29, 0.717) is 25.7 Å². The van der Waals surface area contributed by atoms with Crippen molar-refractivity contribution in [3.63, 3.8) is 0 Å². The molecule has 20 heavy (non-hydrogen) atoms. The van der Waals surface area contributed by atoms with Gasteiger partial charge in [-0.15, -0.1) is 0 Å². The molecular formula is C14H26O5Si. The van der Waals surface area contributed by atoms with E-state index < -0.39 is 14.8 Å². The number of carboxylic acid groups (broad SMARTS) is 1. The molecule has 2 aliphatic rings. The van der Waals surface area contributed by atoms with Crippen LogP contribution in [-0.2, 0) is 18.1 Å². The maximum Gasteiger partial charge on any atom is 0.504 e. The van der Waals surface area contributed by atoms with Crippen LogP contribution in [-0.4, -0.2) is 39.7 Å². The quantitative estimate of drug-likeness (QED) is 0.698. The van der Waals surface area contributed by atoms with Crippen LogP contribution >= 0.6 is 0 Å². The monoisotopic (exact) mass is 302 g/mol. The first-order valence-corrected chi connectivity index (χ1v) is 9.52. The van der Waals surface area contributed by atoms with Crippen molar-refractivity contribution < 1.29 is 23.2 Å². The van der Waals surface area contributed by atoms with E-state index in [2.05, 4.69) is 0 Å². The highest BCUT2D eigenvalue weighted by Crippen LogP contribution is 2.58. The van der Waals surface area contributed by atoms with Gasteiger partial charge in [0.15, 0.2) is 0 Å². The molecule has 0 aromatic rings. The number of carboxylic acids is 1. The molecule has 2 aliphatic carbocycles.